The first kappa shape index (κ1) is 18.9. The van der Waals surface area contributed by atoms with Gasteiger partial charge in [-0.1, -0.05) is 40.2 Å². The average molecular weight is 420 g/mol. The lowest BCUT2D eigenvalue weighted by Crippen LogP contribution is -2.45. The Balaban J connectivity index is 1.47. The van der Waals surface area contributed by atoms with Crippen molar-refractivity contribution in [2.24, 2.45) is 0 Å². The molecule has 0 bridgehead atoms. The fourth-order valence-electron chi connectivity index (χ4n) is 3.08. The van der Waals surface area contributed by atoms with Crippen molar-refractivity contribution in [2.75, 3.05) is 36.4 Å². The average Bonchev–Trinajstić information content (AvgIpc) is 2.68. The van der Waals surface area contributed by atoms with Crippen molar-refractivity contribution in [2.45, 2.75) is 13.1 Å². The lowest BCUT2D eigenvalue weighted by Gasteiger charge is -2.36. The van der Waals surface area contributed by atoms with Crippen LogP contribution in [-0.4, -0.2) is 42.3 Å². The second-order valence-electron chi connectivity index (χ2n) is 6.47. The number of rotatable bonds is 6. The van der Waals surface area contributed by atoms with Gasteiger partial charge in [-0.15, -0.1) is 0 Å². The number of carbonyl (C=O) groups is 1. The Morgan fingerprint density at radius 3 is 2.19 bits per heavy atom. The predicted octanol–water partition coefficient (Wildman–Crippen LogP) is 3.16. The molecular formula is C20H23BrFN3O. The Kier molecular flexibility index (Phi) is 6.63. The van der Waals surface area contributed by atoms with Gasteiger partial charge in [0, 0.05) is 45.0 Å². The minimum Gasteiger partial charge on any atom is -0.369 e. The summed E-state index contributed by atoms with van der Waals surface area (Å²) in [7, 11) is 0. The minimum atomic E-state index is -0.192. The zero-order valence-electron chi connectivity index (χ0n) is 14.6. The van der Waals surface area contributed by atoms with E-state index in [0.717, 1.165) is 44.0 Å². The van der Waals surface area contributed by atoms with Crippen LogP contribution in [0.1, 0.15) is 11.1 Å². The Hall–Kier alpha value is -1.92. The second-order valence-corrected chi connectivity index (χ2v) is 7.03. The molecule has 0 atom stereocenters. The van der Waals surface area contributed by atoms with Gasteiger partial charge < -0.3 is 10.2 Å². The van der Waals surface area contributed by atoms with E-state index in [1.807, 2.05) is 12.1 Å². The molecule has 1 aliphatic heterocycles. The molecule has 1 aliphatic rings. The first-order valence-electron chi connectivity index (χ1n) is 8.77. The molecule has 1 N–H and O–H groups in total. The molecule has 1 heterocycles. The lowest BCUT2D eigenvalue weighted by molar-refractivity contribution is -0.118. The summed E-state index contributed by atoms with van der Waals surface area (Å²) in [5.74, 6) is -0.198. The van der Waals surface area contributed by atoms with Crippen LogP contribution in [0.3, 0.4) is 0 Å². The number of hydrogen-bond donors (Lipinski definition) is 1. The topological polar surface area (TPSA) is 35.6 Å². The van der Waals surface area contributed by atoms with Crippen molar-refractivity contribution in [1.29, 1.82) is 0 Å². The summed E-state index contributed by atoms with van der Waals surface area (Å²) in [5.41, 5.74) is 3.46. The molecule has 1 fully saturated rings. The van der Waals surface area contributed by atoms with Crippen molar-refractivity contribution in [1.82, 2.24) is 10.2 Å². The molecule has 2 aromatic carbocycles. The predicted molar refractivity (Wildman–Crippen MR) is 106 cm³/mol. The summed E-state index contributed by atoms with van der Waals surface area (Å²) in [6, 6.07) is 15.1. The third-order valence-corrected chi connectivity index (χ3v) is 5.11. The van der Waals surface area contributed by atoms with Gasteiger partial charge in [-0.3, -0.25) is 9.69 Å². The van der Waals surface area contributed by atoms with Gasteiger partial charge >= 0.3 is 0 Å². The van der Waals surface area contributed by atoms with E-state index < -0.39 is 0 Å². The smallest absolute Gasteiger partial charge is 0.230 e. The number of hydrogen-bond acceptors (Lipinski definition) is 3. The molecule has 0 unspecified atom stereocenters. The van der Waals surface area contributed by atoms with Gasteiger partial charge in [-0.2, -0.15) is 0 Å². The minimum absolute atomic E-state index is 0.00639. The highest BCUT2D eigenvalue weighted by atomic mass is 79.9. The molecule has 0 aromatic heterocycles. The summed E-state index contributed by atoms with van der Waals surface area (Å²) in [4.78, 5) is 16.0. The molecule has 0 saturated carbocycles. The van der Waals surface area contributed by atoms with Crippen LogP contribution in [0.5, 0.6) is 0 Å². The number of piperazine rings is 1. The molecule has 26 heavy (non-hydrogen) atoms. The largest absolute Gasteiger partial charge is 0.369 e. The molecule has 0 spiro atoms. The zero-order chi connectivity index (χ0) is 18.4. The van der Waals surface area contributed by atoms with E-state index >= 15 is 0 Å². The number of halogens is 2. The third-order valence-electron chi connectivity index (χ3n) is 4.60. The van der Waals surface area contributed by atoms with Gasteiger partial charge in [0.15, 0.2) is 0 Å². The highest BCUT2D eigenvalue weighted by molar-refractivity contribution is 9.09. The van der Waals surface area contributed by atoms with Crippen LogP contribution in [0.15, 0.2) is 48.5 Å². The number of nitrogens with zero attached hydrogens (tertiary/aromatic N) is 2. The summed E-state index contributed by atoms with van der Waals surface area (Å²) in [5, 5.41) is 3.18. The summed E-state index contributed by atoms with van der Waals surface area (Å²) < 4.78 is 13.0. The quantitative estimate of drug-likeness (QED) is 0.730. The number of amides is 1. The van der Waals surface area contributed by atoms with E-state index in [1.165, 1.54) is 17.7 Å². The highest BCUT2D eigenvalue weighted by Gasteiger charge is 2.17. The van der Waals surface area contributed by atoms with E-state index in [0.29, 0.717) is 11.9 Å². The maximum absolute atomic E-state index is 13.0. The fraction of sp³-hybridized carbons (Fsp3) is 0.350. The maximum atomic E-state index is 13.0. The molecule has 0 aliphatic carbocycles. The molecule has 1 amide bonds. The summed E-state index contributed by atoms with van der Waals surface area (Å²) >= 11 is 3.14. The third kappa shape index (κ3) is 5.29. The normalized spacial score (nSPS) is 15.1. The van der Waals surface area contributed by atoms with Gasteiger partial charge in [0.1, 0.15) is 5.82 Å². The number of anilines is 1. The molecule has 138 valence electrons. The molecule has 1 saturated heterocycles. The van der Waals surface area contributed by atoms with Crippen molar-refractivity contribution in [3.05, 3.63) is 65.5 Å². The first-order chi connectivity index (χ1) is 12.6. The van der Waals surface area contributed by atoms with Crippen molar-refractivity contribution in [3.63, 3.8) is 0 Å². The van der Waals surface area contributed by atoms with Crippen LogP contribution < -0.4 is 10.2 Å². The van der Waals surface area contributed by atoms with Crippen LogP contribution in [0.25, 0.3) is 0 Å². The van der Waals surface area contributed by atoms with Gasteiger partial charge in [0.2, 0.25) is 5.91 Å². The van der Waals surface area contributed by atoms with Crippen molar-refractivity contribution in [3.8, 4) is 0 Å². The van der Waals surface area contributed by atoms with Crippen LogP contribution >= 0.6 is 15.9 Å². The summed E-state index contributed by atoms with van der Waals surface area (Å²) in [6.45, 7) is 5.35. The molecule has 4 nitrogen and oxygen atoms in total. The van der Waals surface area contributed by atoms with E-state index in [-0.39, 0.29) is 11.7 Å². The molecule has 3 rings (SSSR count). The van der Waals surface area contributed by atoms with Gasteiger partial charge in [-0.05, 0) is 35.4 Å². The number of benzene rings is 2. The number of alkyl halides is 1. The lowest BCUT2D eigenvalue weighted by atomic mass is 10.1. The summed E-state index contributed by atoms with van der Waals surface area (Å²) in [6.07, 6.45) is 0. The van der Waals surface area contributed by atoms with Gasteiger partial charge in [0.25, 0.3) is 0 Å². The van der Waals surface area contributed by atoms with Crippen molar-refractivity contribution < 1.29 is 9.18 Å². The van der Waals surface area contributed by atoms with E-state index in [9.17, 15) is 9.18 Å². The number of nitrogens with one attached hydrogen (secondary N) is 1. The second kappa shape index (κ2) is 9.14. The Labute approximate surface area is 162 Å². The van der Waals surface area contributed by atoms with Crippen LogP contribution in [0.4, 0.5) is 10.1 Å². The van der Waals surface area contributed by atoms with Crippen LogP contribution in [0.2, 0.25) is 0 Å². The van der Waals surface area contributed by atoms with Gasteiger partial charge in [0.05, 0.1) is 5.33 Å². The zero-order valence-corrected chi connectivity index (χ0v) is 16.2. The number of carbonyl (C=O) groups excluding carboxylic acids is 1. The molecule has 2 aromatic rings. The monoisotopic (exact) mass is 419 g/mol. The van der Waals surface area contributed by atoms with Crippen molar-refractivity contribution >= 4 is 27.5 Å². The fourth-order valence-corrected chi connectivity index (χ4v) is 3.28. The first-order valence-corrected chi connectivity index (χ1v) is 9.89. The standard InChI is InChI=1S/C20H23BrFN3O/c21-13-20(26)23-14-16-1-3-17(4-2-16)15-24-9-11-25(12-10-24)19-7-5-18(22)6-8-19/h1-8H,9-15H2,(H,23,26). The SMILES string of the molecule is O=C(CBr)NCc1ccc(CN2CCN(c3ccc(F)cc3)CC2)cc1. The van der Waals surface area contributed by atoms with Crippen LogP contribution in [-0.2, 0) is 17.9 Å². The molecule has 0 radical (unpaired) electrons. The Bertz CT molecular complexity index is 713. The molecule has 6 heteroatoms. The Morgan fingerprint density at radius 2 is 1.58 bits per heavy atom. The van der Waals surface area contributed by atoms with Gasteiger partial charge in [-0.25, -0.2) is 4.39 Å². The maximum Gasteiger partial charge on any atom is 0.230 e. The highest BCUT2D eigenvalue weighted by Crippen LogP contribution is 2.18. The van der Waals surface area contributed by atoms with E-state index in [4.69, 9.17) is 0 Å². The van der Waals surface area contributed by atoms with E-state index in [1.54, 1.807) is 0 Å². The van der Waals surface area contributed by atoms with Crippen LogP contribution in [0, 0.1) is 5.82 Å². The van der Waals surface area contributed by atoms with E-state index in [2.05, 4.69) is 55.3 Å². The Morgan fingerprint density at radius 1 is 0.962 bits per heavy atom. The molecular weight excluding hydrogens is 397 g/mol.